The van der Waals surface area contributed by atoms with E-state index in [1.807, 2.05) is 0 Å². The summed E-state index contributed by atoms with van der Waals surface area (Å²) in [5.74, 6) is -0.796. The third kappa shape index (κ3) is 6.95. The summed E-state index contributed by atoms with van der Waals surface area (Å²) in [4.78, 5) is 9.89. The lowest BCUT2D eigenvalue weighted by Crippen LogP contribution is -1.89. The third-order valence-electron chi connectivity index (χ3n) is 0.762. The van der Waals surface area contributed by atoms with Gasteiger partial charge in [0.2, 0.25) is 0 Å². The first-order valence-corrected chi connectivity index (χ1v) is 2.75. The van der Waals surface area contributed by atoms with Gasteiger partial charge in [-0.05, 0) is 6.42 Å². The number of carboxylic acids is 1. The molecule has 0 aliphatic carbocycles. The van der Waals surface area contributed by atoms with E-state index < -0.39 is 5.97 Å². The fourth-order valence-electron chi connectivity index (χ4n) is 0.377. The molecule has 0 unspecified atom stereocenters. The minimum absolute atomic E-state index is 0.105. The van der Waals surface area contributed by atoms with Gasteiger partial charge in [0, 0.05) is 0 Å². The zero-order chi connectivity index (χ0) is 7.11. The highest BCUT2D eigenvalue weighted by Gasteiger charge is 1.86. The molecule has 0 aromatic rings. The SMILES string of the molecule is C=CC/C=C/CC(=O)O. The highest BCUT2D eigenvalue weighted by atomic mass is 16.4. The number of carbonyl (C=O) groups is 1. The standard InChI is InChI=1S/C7H10O2/c1-2-3-4-5-6-7(8)9/h2,4-5H,1,3,6H2,(H,8,9)/b5-4+. The van der Waals surface area contributed by atoms with Crippen molar-refractivity contribution in [3.8, 4) is 0 Å². The van der Waals surface area contributed by atoms with E-state index >= 15 is 0 Å². The average molecular weight is 126 g/mol. The fourth-order valence-corrected chi connectivity index (χ4v) is 0.377. The van der Waals surface area contributed by atoms with Gasteiger partial charge in [0.1, 0.15) is 0 Å². The fraction of sp³-hybridized carbons (Fsp3) is 0.286. The largest absolute Gasteiger partial charge is 0.481 e. The van der Waals surface area contributed by atoms with Crippen molar-refractivity contribution < 1.29 is 9.90 Å². The van der Waals surface area contributed by atoms with Gasteiger partial charge in [0.15, 0.2) is 0 Å². The third-order valence-corrected chi connectivity index (χ3v) is 0.762. The Morgan fingerprint density at radius 1 is 1.56 bits per heavy atom. The van der Waals surface area contributed by atoms with Crippen LogP contribution in [0.1, 0.15) is 12.8 Å². The molecule has 0 saturated heterocycles. The average Bonchev–Trinajstić information content (AvgIpc) is 1.80. The van der Waals surface area contributed by atoms with Crippen molar-refractivity contribution in [3.05, 3.63) is 24.8 Å². The lowest BCUT2D eigenvalue weighted by Gasteiger charge is -1.81. The molecule has 2 heteroatoms. The van der Waals surface area contributed by atoms with Crippen LogP contribution in [0.4, 0.5) is 0 Å². The van der Waals surface area contributed by atoms with E-state index in [4.69, 9.17) is 5.11 Å². The van der Waals surface area contributed by atoms with Crippen LogP contribution in [-0.2, 0) is 4.79 Å². The predicted molar refractivity (Wildman–Crippen MR) is 36.2 cm³/mol. The molecule has 50 valence electrons. The van der Waals surface area contributed by atoms with Gasteiger partial charge >= 0.3 is 5.97 Å². The van der Waals surface area contributed by atoms with E-state index in [1.54, 1.807) is 18.2 Å². The lowest BCUT2D eigenvalue weighted by atomic mass is 10.3. The summed E-state index contributed by atoms with van der Waals surface area (Å²) in [6.07, 6.45) is 5.96. The van der Waals surface area contributed by atoms with Crippen LogP contribution < -0.4 is 0 Å². The molecule has 0 saturated carbocycles. The van der Waals surface area contributed by atoms with Crippen molar-refractivity contribution in [2.45, 2.75) is 12.8 Å². The summed E-state index contributed by atoms with van der Waals surface area (Å²) in [6.45, 7) is 3.48. The topological polar surface area (TPSA) is 37.3 Å². The van der Waals surface area contributed by atoms with Gasteiger partial charge in [-0.3, -0.25) is 4.79 Å². The van der Waals surface area contributed by atoms with E-state index in [1.165, 1.54) is 0 Å². The predicted octanol–water partition coefficient (Wildman–Crippen LogP) is 1.59. The summed E-state index contributed by atoms with van der Waals surface area (Å²) in [5.41, 5.74) is 0. The second-order valence-electron chi connectivity index (χ2n) is 1.59. The van der Waals surface area contributed by atoms with E-state index in [9.17, 15) is 4.79 Å². The van der Waals surface area contributed by atoms with Crippen molar-refractivity contribution >= 4 is 5.97 Å². The maximum Gasteiger partial charge on any atom is 0.307 e. The molecule has 0 atom stereocenters. The van der Waals surface area contributed by atoms with Crippen LogP contribution in [0.25, 0.3) is 0 Å². The Bertz CT molecular complexity index is 125. The number of aliphatic carboxylic acids is 1. The van der Waals surface area contributed by atoms with Crippen LogP contribution in [-0.4, -0.2) is 11.1 Å². The van der Waals surface area contributed by atoms with Crippen molar-refractivity contribution in [1.29, 1.82) is 0 Å². The van der Waals surface area contributed by atoms with E-state index in [-0.39, 0.29) is 6.42 Å². The van der Waals surface area contributed by atoms with Crippen LogP contribution in [0.2, 0.25) is 0 Å². The molecular weight excluding hydrogens is 116 g/mol. The van der Waals surface area contributed by atoms with Gasteiger partial charge in [-0.15, -0.1) is 6.58 Å². The molecule has 0 rings (SSSR count). The van der Waals surface area contributed by atoms with Crippen LogP contribution in [0.5, 0.6) is 0 Å². The van der Waals surface area contributed by atoms with E-state index in [0.29, 0.717) is 0 Å². The summed E-state index contributed by atoms with van der Waals surface area (Å²) >= 11 is 0. The molecule has 0 aliphatic heterocycles. The molecule has 0 amide bonds. The quantitative estimate of drug-likeness (QED) is 0.581. The van der Waals surface area contributed by atoms with Crippen LogP contribution >= 0.6 is 0 Å². The van der Waals surface area contributed by atoms with Gasteiger partial charge in [0.05, 0.1) is 6.42 Å². The molecule has 2 nitrogen and oxygen atoms in total. The van der Waals surface area contributed by atoms with Gasteiger partial charge in [0.25, 0.3) is 0 Å². The minimum atomic E-state index is -0.796. The molecule has 0 heterocycles. The molecule has 0 aliphatic rings. The van der Waals surface area contributed by atoms with E-state index in [2.05, 4.69) is 6.58 Å². The number of hydrogen-bond donors (Lipinski definition) is 1. The first kappa shape index (κ1) is 7.95. The van der Waals surface area contributed by atoms with Crippen molar-refractivity contribution in [3.63, 3.8) is 0 Å². The summed E-state index contributed by atoms with van der Waals surface area (Å²) in [6, 6.07) is 0. The number of carboxylic acid groups (broad SMARTS) is 1. The maximum absolute atomic E-state index is 9.89. The maximum atomic E-state index is 9.89. The van der Waals surface area contributed by atoms with Gasteiger partial charge < -0.3 is 5.11 Å². The molecule has 0 aromatic carbocycles. The Balaban J connectivity index is 3.24. The zero-order valence-electron chi connectivity index (χ0n) is 5.21. The Morgan fingerprint density at radius 2 is 2.22 bits per heavy atom. The van der Waals surface area contributed by atoms with Crippen molar-refractivity contribution in [2.75, 3.05) is 0 Å². The molecule has 0 radical (unpaired) electrons. The zero-order valence-corrected chi connectivity index (χ0v) is 5.21. The minimum Gasteiger partial charge on any atom is -0.481 e. The normalized spacial score (nSPS) is 9.78. The highest BCUT2D eigenvalue weighted by Crippen LogP contribution is 1.86. The Hall–Kier alpha value is -1.05. The summed E-state index contributed by atoms with van der Waals surface area (Å²) < 4.78 is 0. The number of allylic oxidation sites excluding steroid dienone is 2. The van der Waals surface area contributed by atoms with Crippen molar-refractivity contribution in [1.82, 2.24) is 0 Å². The van der Waals surface area contributed by atoms with Gasteiger partial charge in [-0.1, -0.05) is 18.2 Å². The first-order valence-electron chi connectivity index (χ1n) is 2.75. The molecule has 0 aromatic heterocycles. The van der Waals surface area contributed by atoms with Gasteiger partial charge in [-0.2, -0.15) is 0 Å². The van der Waals surface area contributed by atoms with Crippen LogP contribution in [0.3, 0.4) is 0 Å². The molecule has 0 spiro atoms. The second-order valence-corrected chi connectivity index (χ2v) is 1.59. The lowest BCUT2D eigenvalue weighted by molar-refractivity contribution is -0.136. The highest BCUT2D eigenvalue weighted by molar-refractivity contribution is 5.68. The van der Waals surface area contributed by atoms with Crippen LogP contribution in [0.15, 0.2) is 24.8 Å². The summed E-state index contributed by atoms with van der Waals surface area (Å²) in [5, 5.41) is 8.14. The molecule has 9 heavy (non-hydrogen) atoms. The summed E-state index contributed by atoms with van der Waals surface area (Å²) in [7, 11) is 0. The number of rotatable bonds is 4. The molecule has 0 fully saturated rings. The van der Waals surface area contributed by atoms with Crippen molar-refractivity contribution in [2.24, 2.45) is 0 Å². The van der Waals surface area contributed by atoms with E-state index in [0.717, 1.165) is 6.42 Å². The Labute approximate surface area is 54.5 Å². The van der Waals surface area contributed by atoms with Crippen LogP contribution in [0, 0.1) is 0 Å². The monoisotopic (exact) mass is 126 g/mol. The molecule has 1 N–H and O–H groups in total. The number of hydrogen-bond acceptors (Lipinski definition) is 1. The molecular formula is C7H10O2. The Morgan fingerprint density at radius 3 is 2.67 bits per heavy atom. The molecule has 0 bridgehead atoms. The smallest absolute Gasteiger partial charge is 0.307 e. The first-order chi connectivity index (χ1) is 4.27. The van der Waals surface area contributed by atoms with Gasteiger partial charge in [-0.25, -0.2) is 0 Å². The Kier molecular flexibility index (Phi) is 4.50. The second kappa shape index (κ2) is 5.09.